The summed E-state index contributed by atoms with van der Waals surface area (Å²) >= 11 is 11.4. The number of fused-ring (bicyclic) bond motifs is 2. The van der Waals surface area contributed by atoms with E-state index in [1.54, 1.807) is 42.5 Å². The van der Waals surface area contributed by atoms with E-state index in [-0.39, 0.29) is 22.9 Å². The standard InChI is InChI=1S/C21H15ClN4O3S/c1-11(27)23-12-8-9-17-18(10-12)29-20(24-17)26-21(30)25-19(28)15-6-2-5-14-13(15)4-3-7-16(14)22/h2-10H,1H3,(H,23,27)(H2,24,25,26,28,30). The van der Waals surface area contributed by atoms with E-state index in [1.807, 2.05) is 12.1 Å². The number of thiocarbonyl (C=S) groups is 1. The van der Waals surface area contributed by atoms with Crippen molar-refractivity contribution in [1.82, 2.24) is 10.3 Å². The van der Waals surface area contributed by atoms with Gasteiger partial charge < -0.3 is 9.73 Å². The fraction of sp³-hybridized carbons (Fsp3) is 0.0476. The molecule has 1 heterocycles. The third-order valence-electron chi connectivity index (χ3n) is 4.27. The minimum Gasteiger partial charge on any atom is -0.423 e. The summed E-state index contributed by atoms with van der Waals surface area (Å²) in [6.45, 7) is 1.42. The average Bonchev–Trinajstić information content (AvgIpc) is 3.08. The van der Waals surface area contributed by atoms with Gasteiger partial charge in [-0.1, -0.05) is 35.9 Å². The lowest BCUT2D eigenvalue weighted by molar-refractivity contribution is -0.114. The molecule has 2 amide bonds. The first-order valence-electron chi connectivity index (χ1n) is 8.88. The smallest absolute Gasteiger partial charge is 0.302 e. The number of nitrogens with zero attached hydrogens (tertiary/aromatic N) is 1. The van der Waals surface area contributed by atoms with Crippen molar-refractivity contribution in [2.45, 2.75) is 6.92 Å². The molecule has 1 aromatic heterocycles. The van der Waals surface area contributed by atoms with Crippen LogP contribution in [0.4, 0.5) is 11.7 Å². The van der Waals surface area contributed by atoms with Crippen LogP contribution in [-0.4, -0.2) is 21.9 Å². The quantitative estimate of drug-likeness (QED) is 0.400. The van der Waals surface area contributed by atoms with Crippen LogP contribution in [0.3, 0.4) is 0 Å². The first-order valence-corrected chi connectivity index (χ1v) is 9.67. The number of halogens is 1. The van der Waals surface area contributed by atoms with Gasteiger partial charge in [0.2, 0.25) is 5.91 Å². The Labute approximate surface area is 181 Å². The van der Waals surface area contributed by atoms with E-state index in [2.05, 4.69) is 20.9 Å². The zero-order chi connectivity index (χ0) is 21.3. The molecule has 4 aromatic rings. The minimum atomic E-state index is -0.385. The van der Waals surface area contributed by atoms with Crippen LogP contribution in [0, 0.1) is 0 Å². The van der Waals surface area contributed by atoms with Crippen LogP contribution in [0.1, 0.15) is 17.3 Å². The number of aromatic nitrogens is 1. The topological polar surface area (TPSA) is 96.3 Å². The first kappa shape index (κ1) is 19.8. The monoisotopic (exact) mass is 438 g/mol. The molecule has 150 valence electrons. The summed E-state index contributed by atoms with van der Waals surface area (Å²) in [5.41, 5.74) is 2.06. The SMILES string of the molecule is CC(=O)Nc1ccc2nc(NC(=S)NC(=O)c3cccc4c(Cl)cccc34)oc2c1. The fourth-order valence-corrected chi connectivity index (χ4v) is 3.45. The Morgan fingerprint density at radius 1 is 1.03 bits per heavy atom. The summed E-state index contributed by atoms with van der Waals surface area (Å²) < 4.78 is 5.60. The molecule has 0 saturated heterocycles. The van der Waals surface area contributed by atoms with Crippen LogP contribution < -0.4 is 16.0 Å². The molecule has 0 aliphatic rings. The maximum Gasteiger partial charge on any atom is 0.302 e. The van der Waals surface area contributed by atoms with Gasteiger partial charge >= 0.3 is 6.01 Å². The Morgan fingerprint density at radius 3 is 2.60 bits per heavy atom. The molecule has 3 N–H and O–H groups in total. The molecule has 3 aromatic carbocycles. The van der Waals surface area contributed by atoms with Crippen LogP contribution in [-0.2, 0) is 4.79 Å². The lowest BCUT2D eigenvalue weighted by Crippen LogP contribution is -2.34. The molecule has 0 aliphatic carbocycles. The number of anilines is 2. The van der Waals surface area contributed by atoms with Crippen molar-refractivity contribution < 1.29 is 14.0 Å². The molecule has 4 rings (SSSR count). The predicted molar refractivity (Wildman–Crippen MR) is 121 cm³/mol. The van der Waals surface area contributed by atoms with Gasteiger partial charge in [-0.3, -0.25) is 20.2 Å². The Kier molecular flexibility index (Phi) is 5.35. The summed E-state index contributed by atoms with van der Waals surface area (Å²) in [5.74, 6) is -0.574. The van der Waals surface area contributed by atoms with Crippen LogP contribution in [0.2, 0.25) is 5.02 Å². The van der Waals surface area contributed by atoms with E-state index in [1.165, 1.54) is 6.92 Å². The molecule has 0 bridgehead atoms. The summed E-state index contributed by atoms with van der Waals surface area (Å²) in [5, 5.41) is 10.1. The number of hydrogen-bond acceptors (Lipinski definition) is 5. The lowest BCUT2D eigenvalue weighted by Gasteiger charge is -2.09. The average molecular weight is 439 g/mol. The summed E-state index contributed by atoms with van der Waals surface area (Å²) in [4.78, 5) is 28.2. The van der Waals surface area contributed by atoms with Crippen molar-refractivity contribution in [3.8, 4) is 0 Å². The lowest BCUT2D eigenvalue weighted by atomic mass is 10.0. The Morgan fingerprint density at radius 2 is 1.80 bits per heavy atom. The summed E-state index contributed by atoms with van der Waals surface area (Å²) in [7, 11) is 0. The molecule has 0 atom stereocenters. The maximum atomic E-state index is 12.7. The highest BCUT2D eigenvalue weighted by molar-refractivity contribution is 7.80. The molecule has 0 spiro atoms. The van der Waals surface area contributed by atoms with Gasteiger partial charge in [-0.15, -0.1) is 0 Å². The van der Waals surface area contributed by atoms with E-state index >= 15 is 0 Å². The van der Waals surface area contributed by atoms with E-state index in [4.69, 9.17) is 28.2 Å². The molecule has 0 radical (unpaired) electrons. The van der Waals surface area contributed by atoms with E-state index in [0.717, 1.165) is 10.8 Å². The largest absolute Gasteiger partial charge is 0.423 e. The van der Waals surface area contributed by atoms with Gasteiger partial charge in [0.15, 0.2) is 10.7 Å². The molecule has 0 unspecified atom stereocenters. The second-order valence-electron chi connectivity index (χ2n) is 6.43. The maximum absolute atomic E-state index is 12.7. The van der Waals surface area contributed by atoms with Crippen molar-refractivity contribution in [2.24, 2.45) is 0 Å². The second-order valence-corrected chi connectivity index (χ2v) is 7.25. The Hall–Kier alpha value is -3.49. The van der Waals surface area contributed by atoms with Crippen molar-refractivity contribution in [3.05, 3.63) is 65.2 Å². The second kappa shape index (κ2) is 8.10. The predicted octanol–water partition coefficient (Wildman–Crippen LogP) is 4.72. The first-order chi connectivity index (χ1) is 14.4. The van der Waals surface area contributed by atoms with Gasteiger partial charge in [-0.05, 0) is 41.9 Å². The van der Waals surface area contributed by atoms with Crippen LogP contribution in [0.5, 0.6) is 0 Å². The number of amides is 2. The van der Waals surface area contributed by atoms with Crippen molar-refractivity contribution in [2.75, 3.05) is 10.6 Å². The van der Waals surface area contributed by atoms with Crippen LogP contribution >= 0.6 is 23.8 Å². The van der Waals surface area contributed by atoms with Gasteiger partial charge in [0.1, 0.15) is 5.52 Å². The van der Waals surface area contributed by atoms with E-state index < -0.39 is 0 Å². The number of carbonyl (C=O) groups excluding carboxylic acids is 2. The Bertz CT molecular complexity index is 1320. The normalized spacial score (nSPS) is 10.7. The van der Waals surface area contributed by atoms with E-state index in [0.29, 0.717) is 27.4 Å². The highest BCUT2D eigenvalue weighted by Crippen LogP contribution is 2.26. The zero-order valence-corrected chi connectivity index (χ0v) is 17.2. The molecule has 9 heteroatoms. The molecule has 0 saturated carbocycles. The highest BCUT2D eigenvalue weighted by Gasteiger charge is 2.14. The van der Waals surface area contributed by atoms with Gasteiger partial charge in [-0.2, -0.15) is 4.98 Å². The number of benzene rings is 3. The van der Waals surface area contributed by atoms with Gasteiger partial charge in [-0.25, -0.2) is 0 Å². The molecule has 30 heavy (non-hydrogen) atoms. The van der Waals surface area contributed by atoms with Gasteiger partial charge in [0.25, 0.3) is 5.91 Å². The van der Waals surface area contributed by atoms with E-state index in [9.17, 15) is 9.59 Å². The zero-order valence-electron chi connectivity index (χ0n) is 15.7. The number of oxazole rings is 1. The number of carbonyl (C=O) groups is 2. The number of hydrogen-bond donors (Lipinski definition) is 3. The Balaban J connectivity index is 1.50. The number of nitrogens with one attached hydrogen (secondary N) is 3. The summed E-state index contributed by atoms with van der Waals surface area (Å²) in [6.07, 6.45) is 0. The number of rotatable bonds is 3. The van der Waals surface area contributed by atoms with Crippen molar-refractivity contribution >= 4 is 74.3 Å². The molecule has 0 fully saturated rings. The van der Waals surface area contributed by atoms with Gasteiger partial charge in [0.05, 0.1) is 0 Å². The molecule has 7 nitrogen and oxygen atoms in total. The van der Waals surface area contributed by atoms with Gasteiger partial charge in [0, 0.05) is 34.6 Å². The third-order valence-corrected chi connectivity index (χ3v) is 4.80. The van der Waals surface area contributed by atoms with Crippen LogP contribution in [0.15, 0.2) is 59.0 Å². The highest BCUT2D eigenvalue weighted by atomic mass is 35.5. The molecule has 0 aliphatic heterocycles. The minimum absolute atomic E-state index is 0.0349. The van der Waals surface area contributed by atoms with Crippen LogP contribution in [0.25, 0.3) is 21.9 Å². The third kappa shape index (κ3) is 4.10. The summed E-state index contributed by atoms with van der Waals surface area (Å²) in [6, 6.07) is 15.9. The van der Waals surface area contributed by atoms with Crippen molar-refractivity contribution in [1.29, 1.82) is 0 Å². The molecular formula is C21H15ClN4O3S. The fourth-order valence-electron chi connectivity index (χ4n) is 3.03. The molecular weight excluding hydrogens is 424 g/mol. The van der Waals surface area contributed by atoms with Crippen molar-refractivity contribution in [3.63, 3.8) is 0 Å².